The molecule has 0 aliphatic rings. The molecule has 30 heavy (non-hydrogen) atoms. The fraction of sp³-hybridized carbons (Fsp3) is 0.174. The van der Waals surface area contributed by atoms with E-state index in [1.807, 2.05) is 72.4 Å². The molecular formula is C23H22N4O3. The highest BCUT2D eigenvalue weighted by Crippen LogP contribution is 2.38. The summed E-state index contributed by atoms with van der Waals surface area (Å²) in [6.45, 7) is 3.45. The Kier molecular flexibility index (Phi) is 5.72. The van der Waals surface area contributed by atoms with E-state index >= 15 is 0 Å². The molecule has 0 spiro atoms. The van der Waals surface area contributed by atoms with Gasteiger partial charge in [-0.2, -0.15) is 0 Å². The second-order valence-corrected chi connectivity index (χ2v) is 6.65. The van der Waals surface area contributed by atoms with Crippen LogP contribution in [0.2, 0.25) is 0 Å². The van der Waals surface area contributed by atoms with E-state index in [0.717, 1.165) is 16.6 Å². The van der Waals surface area contributed by atoms with Crippen LogP contribution in [0.15, 0.2) is 83.3 Å². The molecule has 0 saturated heterocycles. The van der Waals surface area contributed by atoms with E-state index in [1.54, 1.807) is 16.7 Å². The molecule has 0 fully saturated rings. The predicted molar refractivity (Wildman–Crippen MR) is 115 cm³/mol. The van der Waals surface area contributed by atoms with Gasteiger partial charge in [-0.25, -0.2) is 0 Å². The van der Waals surface area contributed by atoms with Crippen molar-refractivity contribution in [3.05, 3.63) is 78.6 Å². The predicted octanol–water partition coefficient (Wildman–Crippen LogP) is 5.10. The van der Waals surface area contributed by atoms with Gasteiger partial charge in [0.05, 0.1) is 23.4 Å². The summed E-state index contributed by atoms with van der Waals surface area (Å²) in [6, 6.07) is 18.5. The molecule has 0 atom stereocenters. The number of rotatable bonds is 7. The molecular weight excluding hydrogens is 380 g/mol. The van der Waals surface area contributed by atoms with Crippen molar-refractivity contribution in [3.8, 4) is 11.6 Å². The van der Waals surface area contributed by atoms with Crippen LogP contribution < -0.4 is 0 Å². The van der Waals surface area contributed by atoms with E-state index < -0.39 is 5.91 Å². The molecule has 0 bridgehead atoms. The molecule has 0 aliphatic heterocycles. The van der Waals surface area contributed by atoms with Gasteiger partial charge in [0.2, 0.25) is 5.88 Å². The number of hydrogen-bond donors (Lipinski definition) is 1. The van der Waals surface area contributed by atoms with Crippen molar-refractivity contribution in [1.29, 1.82) is 0 Å². The van der Waals surface area contributed by atoms with Gasteiger partial charge in [0, 0.05) is 30.9 Å². The standard InChI is InChI=1S/C23H22N4O3/c1-2-30-16-15-27-20-12-6-3-9-17(20)21(23(27)29)24-25-22(28)18-10-4-5-11-19(18)26-13-7-8-14-26/h3-14,29H,2,15-16H2,1H3. The van der Waals surface area contributed by atoms with E-state index in [0.29, 0.717) is 25.3 Å². The number of ether oxygens (including phenoxy) is 1. The molecule has 2 aromatic heterocycles. The van der Waals surface area contributed by atoms with Crippen molar-refractivity contribution in [2.24, 2.45) is 10.2 Å². The SMILES string of the molecule is CCOCCn1c(O)c(N=NC(=O)c2ccccc2-n2cccc2)c2ccccc21. The Morgan fingerprint density at radius 2 is 1.77 bits per heavy atom. The molecule has 0 aliphatic carbocycles. The summed E-state index contributed by atoms with van der Waals surface area (Å²) in [7, 11) is 0. The van der Waals surface area contributed by atoms with Crippen LogP contribution in [0.25, 0.3) is 16.6 Å². The highest BCUT2D eigenvalue weighted by Gasteiger charge is 2.17. The van der Waals surface area contributed by atoms with Crippen molar-refractivity contribution >= 4 is 22.5 Å². The Balaban J connectivity index is 1.68. The first-order chi connectivity index (χ1) is 14.7. The number of carbonyl (C=O) groups is 1. The number of fused-ring (bicyclic) bond motifs is 1. The number of nitrogens with zero attached hydrogens (tertiary/aromatic N) is 4. The lowest BCUT2D eigenvalue weighted by Gasteiger charge is -2.07. The lowest BCUT2D eigenvalue weighted by Crippen LogP contribution is -2.05. The van der Waals surface area contributed by atoms with Crippen molar-refractivity contribution in [3.63, 3.8) is 0 Å². The Morgan fingerprint density at radius 1 is 1.03 bits per heavy atom. The minimum atomic E-state index is -0.482. The summed E-state index contributed by atoms with van der Waals surface area (Å²) in [6.07, 6.45) is 3.72. The number of hydrogen-bond acceptors (Lipinski definition) is 4. The lowest BCUT2D eigenvalue weighted by atomic mass is 10.1. The molecule has 0 saturated carbocycles. The molecule has 4 aromatic rings. The van der Waals surface area contributed by atoms with Crippen molar-refractivity contribution < 1.29 is 14.6 Å². The van der Waals surface area contributed by atoms with Gasteiger partial charge in [-0.1, -0.05) is 30.3 Å². The van der Waals surface area contributed by atoms with Crippen LogP contribution in [0.1, 0.15) is 17.3 Å². The highest BCUT2D eigenvalue weighted by atomic mass is 16.5. The number of para-hydroxylation sites is 2. The molecule has 1 amide bonds. The molecule has 7 nitrogen and oxygen atoms in total. The maximum atomic E-state index is 12.8. The Hall–Kier alpha value is -3.71. The van der Waals surface area contributed by atoms with Crippen LogP contribution in [0.5, 0.6) is 5.88 Å². The van der Waals surface area contributed by atoms with Crippen molar-refractivity contribution in [2.45, 2.75) is 13.5 Å². The fourth-order valence-electron chi connectivity index (χ4n) is 3.42. The maximum Gasteiger partial charge on any atom is 0.297 e. The number of carbonyl (C=O) groups excluding carboxylic acids is 1. The van der Waals surface area contributed by atoms with Crippen LogP contribution in [-0.4, -0.2) is 33.4 Å². The molecule has 4 rings (SSSR count). The van der Waals surface area contributed by atoms with Crippen LogP contribution >= 0.6 is 0 Å². The Bertz CT molecular complexity index is 1190. The maximum absolute atomic E-state index is 12.8. The number of azo groups is 1. The molecule has 7 heteroatoms. The second kappa shape index (κ2) is 8.75. The van der Waals surface area contributed by atoms with E-state index in [-0.39, 0.29) is 11.6 Å². The first kappa shape index (κ1) is 19.6. The fourth-order valence-corrected chi connectivity index (χ4v) is 3.42. The third-order valence-electron chi connectivity index (χ3n) is 4.84. The van der Waals surface area contributed by atoms with E-state index in [4.69, 9.17) is 4.74 Å². The average Bonchev–Trinajstić information content (AvgIpc) is 3.40. The zero-order chi connectivity index (χ0) is 20.9. The molecule has 2 heterocycles. The van der Waals surface area contributed by atoms with Gasteiger partial charge in [-0.15, -0.1) is 10.2 Å². The minimum absolute atomic E-state index is 0.0360. The minimum Gasteiger partial charge on any atom is -0.493 e. The smallest absolute Gasteiger partial charge is 0.297 e. The van der Waals surface area contributed by atoms with Gasteiger partial charge in [0.1, 0.15) is 0 Å². The number of aromatic hydroxyl groups is 1. The zero-order valence-electron chi connectivity index (χ0n) is 16.6. The Labute approximate surface area is 173 Å². The van der Waals surface area contributed by atoms with Crippen LogP contribution in [0.4, 0.5) is 5.69 Å². The van der Waals surface area contributed by atoms with E-state index in [2.05, 4.69) is 10.2 Å². The van der Waals surface area contributed by atoms with Gasteiger partial charge in [-0.3, -0.25) is 4.79 Å². The monoisotopic (exact) mass is 402 g/mol. The summed E-state index contributed by atoms with van der Waals surface area (Å²) < 4.78 is 8.98. The van der Waals surface area contributed by atoms with E-state index in [1.165, 1.54) is 0 Å². The van der Waals surface area contributed by atoms with Gasteiger partial charge >= 0.3 is 0 Å². The second-order valence-electron chi connectivity index (χ2n) is 6.65. The summed E-state index contributed by atoms with van der Waals surface area (Å²) in [4.78, 5) is 12.8. The third-order valence-corrected chi connectivity index (χ3v) is 4.84. The van der Waals surface area contributed by atoms with Gasteiger partial charge < -0.3 is 19.0 Å². The molecule has 152 valence electrons. The van der Waals surface area contributed by atoms with Gasteiger partial charge in [-0.05, 0) is 37.3 Å². The summed E-state index contributed by atoms with van der Waals surface area (Å²) >= 11 is 0. The van der Waals surface area contributed by atoms with Gasteiger partial charge in [0.25, 0.3) is 5.91 Å². The number of benzene rings is 2. The highest BCUT2D eigenvalue weighted by molar-refractivity contribution is 5.99. The molecule has 0 radical (unpaired) electrons. The topological polar surface area (TPSA) is 81.1 Å². The Morgan fingerprint density at radius 3 is 2.57 bits per heavy atom. The summed E-state index contributed by atoms with van der Waals surface area (Å²) in [5.74, 6) is -0.518. The molecule has 2 aromatic carbocycles. The molecule has 0 unspecified atom stereocenters. The van der Waals surface area contributed by atoms with Crippen molar-refractivity contribution in [1.82, 2.24) is 9.13 Å². The lowest BCUT2D eigenvalue weighted by molar-refractivity contribution is 0.0995. The first-order valence-corrected chi connectivity index (χ1v) is 9.77. The third kappa shape index (κ3) is 3.75. The summed E-state index contributed by atoms with van der Waals surface area (Å²) in [5, 5.41) is 19.5. The first-order valence-electron chi connectivity index (χ1n) is 9.77. The van der Waals surface area contributed by atoms with Crippen LogP contribution in [-0.2, 0) is 11.3 Å². The van der Waals surface area contributed by atoms with Gasteiger partial charge in [0.15, 0.2) is 5.69 Å². The van der Waals surface area contributed by atoms with Crippen LogP contribution in [0.3, 0.4) is 0 Å². The number of amides is 1. The van der Waals surface area contributed by atoms with Crippen molar-refractivity contribution in [2.75, 3.05) is 13.2 Å². The molecule has 1 N–H and O–H groups in total. The quantitative estimate of drug-likeness (QED) is 0.345. The average molecular weight is 402 g/mol. The number of aromatic nitrogens is 2. The van der Waals surface area contributed by atoms with Crippen LogP contribution in [0, 0.1) is 0 Å². The summed E-state index contributed by atoms with van der Waals surface area (Å²) in [5.41, 5.74) is 2.23. The zero-order valence-corrected chi connectivity index (χ0v) is 16.6. The van der Waals surface area contributed by atoms with E-state index in [9.17, 15) is 9.90 Å². The normalized spacial score (nSPS) is 11.5. The largest absolute Gasteiger partial charge is 0.493 e.